The molecule has 0 bridgehead atoms. The van der Waals surface area contributed by atoms with Crippen molar-refractivity contribution in [2.75, 3.05) is 11.5 Å². The topological polar surface area (TPSA) is 93.8 Å². The van der Waals surface area contributed by atoms with Crippen LogP contribution in [0.5, 0.6) is 0 Å². The van der Waals surface area contributed by atoms with Crippen molar-refractivity contribution in [2.24, 2.45) is 10.2 Å². The second kappa shape index (κ2) is 5.30. The van der Waals surface area contributed by atoms with Crippen LogP contribution in [0.3, 0.4) is 0 Å². The van der Waals surface area contributed by atoms with E-state index < -0.39 is 0 Å². The van der Waals surface area contributed by atoms with Gasteiger partial charge >= 0.3 is 0 Å². The third-order valence-electron chi connectivity index (χ3n) is 2.60. The molecule has 0 spiro atoms. The minimum Gasteiger partial charge on any atom is -0.399 e. The molecule has 0 amide bonds. The van der Waals surface area contributed by atoms with Gasteiger partial charge in [-0.1, -0.05) is 0 Å². The first-order chi connectivity index (χ1) is 9.06. The van der Waals surface area contributed by atoms with Crippen LogP contribution in [0.1, 0.15) is 17.3 Å². The summed E-state index contributed by atoms with van der Waals surface area (Å²) < 4.78 is 0. The van der Waals surface area contributed by atoms with Crippen LogP contribution in [0.15, 0.2) is 52.7 Å². The molecule has 0 heterocycles. The van der Waals surface area contributed by atoms with Crippen LogP contribution in [0.4, 0.5) is 22.7 Å². The van der Waals surface area contributed by atoms with E-state index in [1.807, 2.05) is 0 Å². The van der Waals surface area contributed by atoms with Crippen LogP contribution in [-0.4, -0.2) is 5.78 Å². The SMILES string of the molecule is CC(=O)c1ccc(N=Nc2ccc(N)cc2N)cc1. The summed E-state index contributed by atoms with van der Waals surface area (Å²) in [6, 6.07) is 11.9. The maximum absolute atomic E-state index is 11.1. The number of Topliss-reactive ketones (excluding diaryl/α,β-unsaturated/α-hetero) is 1. The normalized spacial score (nSPS) is 10.8. The summed E-state index contributed by atoms with van der Waals surface area (Å²) in [5.74, 6) is 0.0197. The third kappa shape index (κ3) is 3.16. The molecule has 2 aromatic rings. The maximum atomic E-state index is 11.1. The van der Waals surface area contributed by atoms with Crippen molar-refractivity contribution in [3.8, 4) is 0 Å². The van der Waals surface area contributed by atoms with Crippen LogP contribution in [0.2, 0.25) is 0 Å². The van der Waals surface area contributed by atoms with Crippen molar-refractivity contribution in [1.82, 2.24) is 0 Å². The summed E-state index contributed by atoms with van der Waals surface area (Å²) in [4.78, 5) is 11.1. The van der Waals surface area contributed by atoms with E-state index in [1.54, 1.807) is 42.5 Å². The van der Waals surface area contributed by atoms with Crippen LogP contribution < -0.4 is 11.5 Å². The molecule has 4 N–H and O–H groups in total. The van der Waals surface area contributed by atoms with Gasteiger partial charge in [0.15, 0.2) is 5.78 Å². The van der Waals surface area contributed by atoms with Crippen molar-refractivity contribution in [2.45, 2.75) is 6.92 Å². The van der Waals surface area contributed by atoms with Crippen molar-refractivity contribution >= 4 is 28.5 Å². The molecule has 5 heteroatoms. The largest absolute Gasteiger partial charge is 0.399 e. The van der Waals surface area contributed by atoms with Gasteiger partial charge in [0.05, 0.1) is 11.4 Å². The molecule has 0 fully saturated rings. The lowest BCUT2D eigenvalue weighted by Crippen LogP contribution is -1.89. The highest BCUT2D eigenvalue weighted by molar-refractivity contribution is 5.94. The zero-order valence-corrected chi connectivity index (χ0v) is 10.5. The van der Waals surface area contributed by atoms with E-state index in [1.165, 1.54) is 6.92 Å². The van der Waals surface area contributed by atoms with Crippen LogP contribution in [-0.2, 0) is 0 Å². The Morgan fingerprint density at radius 1 is 1.00 bits per heavy atom. The summed E-state index contributed by atoms with van der Waals surface area (Å²) in [7, 11) is 0. The van der Waals surface area contributed by atoms with Crippen LogP contribution >= 0.6 is 0 Å². The molecule has 0 atom stereocenters. The van der Waals surface area contributed by atoms with Gasteiger partial charge in [0.2, 0.25) is 0 Å². The van der Waals surface area contributed by atoms with Crippen molar-refractivity contribution in [1.29, 1.82) is 0 Å². The summed E-state index contributed by atoms with van der Waals surface area (Å²) in [5, 5.41) is 8.11. The molecule has 0 saturated carbocycles. The maximum Gasteiger partial charge on any atom is 0.159 e. The number of nitrogen functional groups attached to an aromatic ring is 2. The predicted molar refractivity (Wildman–Crippen MR) is 75.9 cm³/mol. The lowest BCUT2D eigenvalue weighted by Gasteiger charge is -2.00. The van der Waals surface area contributed by atoms with Gasteiger partial charge in [-0.3, -0.25) is 4.79 Å². The third-order valence-corrected chi connectivity index (χ3v) is 2.60. The Kier molecular flexibility index (Phi) is 3.56. The number of hydrogen-bond donors (Lipinski definition) is 2. The first-order valence-corrected chi connectivity index (χ1v) is 5.74. The number of ketones is 1. The van der Waals surface area contributed by atoms with Crippen molar-refractivity contribution in [3.63, 3.8) is 0 Å². The molecule has 0 aliphatic heterocycles. The van der Waals surface area contributed by atoms with Gasteiger partial charge in [-0.15, -0.1) is 5.11 Å². The highest BCUT2D eigenvalue weighted by Gasteiger charge is 1.99. The van der Waals surface area contributed by atoms with E-state index in [-0.39, 0.29) is 5.78 Å². The number of carbonyl (C=O) groups excluding carboxylic acids is 1. The zero-order valence-electron chi connectivity index (χ0n) is 10.5. The Morgan fingerprint density at radius 2 is 1.68 bits per heavy atom. The van der Waals surface area contributed by atoms with E-state index in [2.05, 4.69) is 10.2 Å². The molecule has 0 aliphatic rings. The lowest BCUT2D eigenvalue weighted by molar-refractivity contribution is 0.101. The zero-order chi connectivity index (χ0) is 13.8. The second-order valence-electron chi connectivity index (χ2n) is 4.12. The van der Waals surface area contributed by atoms with Gasteiger partial charge in [0.1, 0.15) is 5.69 Å². The summed E-state index contributed by atoms with van der Waals surface area (Å²) >= 11 is 0. The first-order valence-electron chi connectivity index (χ1n) is 5.74. The second-order valence-corrected chi connectivity index (χ2v) is 4.12. The lowest BCUT2D eigenvalue weighted by atomic mass is 10.1. The molecular formula is C14H14N4O. The number of benzene rings is 2. The predicted octanol–water partition coefficient (Wildman–Crippen LogP) is 3.47. The Labute approximate surface area is 111 Å². The average molecular weight is 254 g/mol. The number of nitrogens with zero attached hydrogens (tertiary/aromatic N) is 2. The number of azo groups is 1. The standard InChI is InChI=1S/C14H14N4O/c1-9(19)10-2-5-12(6-3-10)17-18-14-7-4-11(15)8-13(14)16/h2-8H,15-16H2,1H3. The quantitative estimate of drug-likeness (QED) is 0.499. The van der Waals surface area contributed by atoms with Gasteiger partial charge in [0.25, 0.3) is 0 Å². The minimum absolute atomic E-state index is 0.0197. The summed E-state index contributed by atoms with van der Waals surface area (Å²) in [6.07, 6.45) is 0. The first kappa shape index (κ1) is 12.8. The molecular weight excluding hydrogens is 240 g/mol. The molecule has 2 rings (SSSR count). The number of anilines is 2. The van der Waals surface area contributed by atoms with E-state index in [4.69, 9.17) is 11.5 Å². The fraction of sp³-hybridized carbons (Fsp3) is 0.0714. The van der Waals surface area contributed by atoms with E-state index in [0.717, 1.165) is 0 Å². The molecule has 96 valence electrons. The Hall–Kier alpha value is -2.69. The Balaban J connectivity index is 2.20. The Bertz CT molecular complexity index is 632. The van der Waals surface area contributed by atoms with Crippen LogP contribution in [0, 0.1) is 0 Å². The van der Waals surface area contributed by atoms with Gasteiger partial charge in [-0.2, -0.15) is 5.11 Å². The smallest absolute Gasteiger partial charge is 0.159 e. The van der Waals surface area contributed by atoms with E-state index in [0.29, 0.717) is 28.3 Å². The number of carbonyl (C=O) groups is 1. The fourth-order valence-electron chi connectivity index (χ4n) is 1.54. The van der Waals surface area contributed by atoms with Gasteiger partial charge < -0.3 is 11.5 Å². The molecule has 0 radical (unpaired) electrons. The van der Waals surface area contributed by atoms with Gasteiger partial charge in [-0.05, 0) is 49.4 Å². The van der Waals surface area contributed by atoms with E-state index >= 15 is 0 Å². The summed E-state index contributed by atoms with van der Waals surface area (Å²) in [5.41, 5.74) is 14.3. The van der Waals surface area contributed by atoms with Crippen molar-refractivity contribution < 1.29 is 4.79 Å². The number of rotatable bonds is 3. The van der Waals surface area contributed by atoms with Gasteiger partial charge in [0, 0.05) is 11.3 Å². The molecule has 0 saturated heterocycles. The van der Waals surface area contributed by atoms with Gasteiger partial charge in [-0.25, -0.2) is 0 Å². The number of nitrogens with two attached hydrogens (primary N) is 2. The average Bonchev–Trinajstić information content (AvgIpc) is 2.38. The molecule has 5 nitrogen and oxygen atoms in total. The molecule has 0 aromatic heterocycles. The number of hydrogen-bond acceptors (Lipinski definition) is 5. The minimum atomic E-state index is 0.0197. The van der Waals surface area contributed by atoms with Crippen molar-refractivity contribution in [3.05, 3.63) is 48.0 Å². The Morgan fingerprint density at radius 3 is 2.26 bits per heavy atom. The monoisotopic (exact) mass is 254 g/mol. The molecule has 0 aliphatic carbocycles. The molecule has 0 unspecified atom stereocenters. The van der Waals surface area contributed by atoms with E-state index in [9.17, 15) is 4.79 Å². The highest BCUT2D eigenvalue weighted by atomic mass is 16.1. The fourth-order valence-corrected chi connectivity index (χ4v) is 1.54. The molecule has 19 heavy (non-hydrogen) atoms. The summed E-state index contributed by atoms with van der Waals surface area (Å²) in [6.45, 7) is 1.52. The highest BCUT2D eigenvalue weighted by Crippen LogP contribution is 2.26. The van der Waals surface area contributed by atoms with Crippen LogP contribution in [0.25, 0.3) is 0 Å². The molecule has 2 aromatic carbocycles.